The molecule has 0 aliphatic carbocycles. The van der Waals surface area contributed by atoms with Crippen LogP contribution in [0.15, 0.2) is 36.4 Å². The average Bonchev–Trinajstić information content (AvgIpc) is 2.74. The molecule has 5 nitrogen and oxygen atoms in total. The minimum Gasteiger partial charge on any atom is -0.493 e. The van der Waals surface area contributed by atoms with Crippen LogP contribution in [0, 0.1) is 0 Å². The lowest BCUT2D eigenvalue weighted by Crippen LogP contribution is -2.14. The fourth-order valence-electron chi connectivity index (χ4n) is 3.97. The normalized spacial score (nSPS) is 10.8. The fraction of sp³-hybridized carbons (Fsp3) is 0.462. The molecule has 0 heterocycles. The monoisotopic (exact) mass is 478 g/mol. The first-order valence-corrected chi connectivity index (χ1v) is 12.8. The Hall–Kier alpha value is -1.76. The topological polar surface area (TPSA) is 83.8 Å². The van der Waals surface area contributed by atoms with Gasteiger partial charge in [-0.05, 0) is 55.7 Å². The number of rotatable bonds is 16. The minimum atomic E-state index is -0.842. The molecule has 0 unspecified atom stereocenters. The molecular formula is C26H32Al2O5. The molecule has 0 atom stereocenters. The van der Waals surface area contributed by atoms with Crippen molar-refractivity contribution in [2.45, 2.75) is 70.6 Å². The van der Waals surface area contributed by atoms with Crippen molar-refractivity contribution < 1.29 is 24.5 Å². The Labute approximate surface area is 213 Å². The molecule has 0 bridgehead atoms. The van der Waals surface area contributed by atoms with Crippen LogP contribution < -0.4 is 13.6 Å². The SMILES string of the molecule is O=C(O)CCCOc1cccc(CCCCCCCc2c[c]([Al])c[c]([Al])c2)c1CCC(=O)O. The van der Waals surface area contributed by atoms with Crippen molar-refractivity contribution in [3.63, 3.8) is 0 Å². The van der Waals surface area contributed by atoms with Crippen LogP contribution in [0.2, 0.25) is 0 Å². The van der Waals surface area contributed by atoms with Gasteiger partial charge in [-0.25, -0.2) is 0 Å². The van der Waals surface area contributed by atoms with E-state index in [1.54, 1.807) is 0 Å². The standard InChI is InChI=1S/C26H32O5.2Al/c27-25(28)17-10-20-31-24-16-9-15-22(23(24)18-19-26(29)30)14-8-3-1-2-5-11-21-12-6-4-7-13-21;;/h4,9,12-13,15-16H,1-3,5,8,10-11,14,17-20H2,(H,27,28)(H,29,30);;. The van der Waals surface area contributed by atoms with Crippen LogP contribution in [-0.4, -0.2) is 61.3 Å². The van der Waals surface area contributed by atoms with Crippen LogP contribution in [0.1, 0.15) is 68.1 Å². The second-order valence-corrected chi connectivity index (χ2v) is 9.74. The van der Waals surface area contributed by atoms with E-state index in [0.717, 1.165) is 36.8 Å². The van der Waals surface area contributed by atoms with E-state index >= 15 is 0 Å². The molecule has 0 spiro atoms. The lowest BCUT2D eigenvalue weighted by Gasteiger charge is -2.15. The van der Waals surface area contributed by atoms with Gasteiger partial charge in [0.2, 0.25) is 0 Å². The molecule has 2 N–H and O–H groups in total. The van der Waals surface area contributed by atoms with Crippen molar-refractivity contribution in [1.29, 1.82) is 0 Å². The van der Waals surface area contributed by atoms with Crippen molar-refractivity contribution in [2.24, 2.45) is 0 Å². The first kappa shape index (κ1) is 27.5. The van der Waals surface area contributed by atoms with Crippen LogP contribution in [-0.2, 0) is 28.9 Å². The lowest BCUT2D eigenvalue weighted by molar-refractivity contribution is -0.138. The summed E-state index contributed by atoms with van der Waals surface area (Å²) in [6, 6.07) is 12.4. The molecule has 2 aromatic carbocycles. The van der Waals surface area contributed by atoms with Gasteiger partial charge in [-0.3, -0.25) is 9.59 Å². The Balaban J connectivity index is 1.80. The van der Waals surface area contributed by atoms with E-state index in [2.05, 4.69) is 56.8 Å². The number of aryl methyl sites for hydroxylation is 2. The molecule has 33 heavy (non-hydrogen) atoms. The lowest BCUT2D eigenvalue weighted by atomic mass is 9.96. The predicted octanol–water partition coefficient (Wildman–Crippen LogP) is 3.27. The molecular weight excluding hydrogens is 446 g/mol. The number of carboxylic acid groups (broad SMARTS) is 2. The Morgan fingerprint density at radius 2 is 1.39 bits per heavy atom. The maximum atomic E-state index is 11.1. The van der Waals surface area contributed by atoms with Crippen molar-refractivity contribution in [2.75, 3.05) is 6.61 Å². The summed E-state index contributed by atoms with van der Waals surface area (Å²) in [5.74, 6) is -0.989. The molecule has 0 saturated carbocycles. The maximum absolute atomic E-state index is 11.1. The number of carboxylic acids is 2. The minimum absolute atomic E-state index is 0.0535. The highest BCUT2D eigenvalue weighted by Crippen LogP contribution is 2.26. The number of aliphatic carboxylic acids is 2. The molecule has 172 valence electrons. The molecule has 4 radical (unpaired) electrons. The van der Waals surface area contributed by atoms with Crippen molar-refractivity contribution in [3.8, 4) is 5.75 Å². The third-order valence-electron chi connectivity index (χ3n) is 5.56. The van der Waals surface area contributed by atoms with Crippen molar-refractivity contribution in [3.05, 3.63) is 53.1 Å². The fourth-order valence-corrected chi connectivity index (χ4v) is 4.97. The number of hydrogen-bond acceptors (Lipinski definition) is 3. The third-order valence-corrected chi connectivity index (χ3v) is 6.23. The molecule has 7 heteroatoms. The zero-order valence-electron chi connectivity index (χ0n) is 19.2. The molecule has 2 aromatic rings. The largest absolute Gasteiger partial charge is 0.493 e. The Kier molecular flexibility index (Phi) is 12.7. The van der Waals surface area contributed by atoms with Gasteiger partial charge in [0.05, 0.1) is 6.61 Å². The smallest absolute Gasteiger partial charge is 0.303 e. The molecule has 0 aliphatic rings. The van der Waals surface area contributed by atoms with Crippen LogP contribution in [0.5, 0.6) is 5.75 Å². The van der Waals surface area contributed by atoms with Crippen LogP contribution in [0.3, 0.4) is 0 Å². The summed E-state index contributed by atoms with van der Waals surface area (Å²) in [4.78, 5) is 21.8. The first-order valence-electron chi connectivity index (χ1n) is 11.7. The zero-order chi connectivity index (χ0) is 24.1. The van der Waals surface area contributed by atoms with Gasteiger partial charge in [0.1, 0.15) is 5.75 Å². The van der Waals surface area contributed by atoms with Crippen molar-refractivity contribution >= 4 is 53.4 Å². The first-order chi connectivity index (χ1) is 15.8. The van der Waals surface area contributed by atoms with E-state index in [0.29, 0.717) is 25.2 Å². The van der Waals surface area contributed by atoms with E-state index < -0.39 is 11.9 Å². The third kappa shape index (κ3) is 11.3. The van der Waals surface area contributed by atoms with Gasteiger partial charge in [-0.1, -0.05) is 55.2 Å². The van der Waals surface area contributed by atoms with E-state index in [4.69, 9.17) is 14.9 Å². The van der Waals surface area contributed by atoms with Gasteiger partial charge in [-0.15, -0.1) is 8.85 Å². The Morgan fingerprint density at radius 1 is 0.758 bits per heavy atom. The van der Waals surface area contributed by atoms with Crippen LogP contribution in [0.4, 0.5) is 0 Å². The summed E-state index contributed by atoms with van der Waals surface area (Å²) in [7, 11) is 0. The second-order valence-electron chi connectivity index (χ2n) is 8.41. The van der Waals surface area contributed by atoms with E-state index in [9.17, 15) is 9.59 Å². The van der Waals surface area contributed by atoms with Gasteiger partial charge in [0.25, 0.3) is 0 Å². The van der Waals surface area contributed by atoms with E-state index in [1.807, 2.05) is 12.1 Å². The van der Waals surface area contributed by atoms with Gasteiger partial charge >= 0.3 is 11.9 Å². The highest BCUT2D eigenvalue weighted by atomic mass is 27.1. The summed E-state index contributed by atoms with van der Waals surface area (Å²) < 4.78 is 8.27. The second kappa shape index (κ2) is 15.2. The van der Waals surface area contributed by atoms with Gasteiger partial charge in [-0.2, -0.15) is 0 Å². The number of benzene rings is 2. The summed E-state index contributed by atoms with van der Waals surface area (Å²) in [6.45, 7) is 0.313. The molecule has 0 saturated heterocycles. The predicted molar refractivity (Wildman–Crippen MR) is 132 cm³/mol. The van der Waals surface area contributed by atoms with E-state index in [-0.39, 0.29) is 12.8 Å². The summed E-state index contributed by atoms with van der Waals surface area (Å²) >= 11 is 5.53. The molecule has 0 aromatic heterocycles. The van der Waals surface area contributed by atoms with Crippen molar-refractivity contribution in [1.82, 2.24) is 0 Å². The summed E-state index contributed by atoms with van der Waals surface area (Å²) in [6.07, 6.45) is 8.72. The Morgan fingerprint density at radius 3 is 2.06 bits per heavy atom. The zero-order valence-corrected chi connectivity index (χ0v) is 21.5. The maximum Gasteiger partial charge on any atom is 0.303 e. The molecule has 0 fully saturated rings. The Bertz CT molecular complexity index is 893. The van der Waals surface area contributed by atoms with Crippen LogP contribution in [0.25, 0.3) is 0 Å². The number of unbranched alkanes of at least 4 members (excludes halogenated alkanes) is 4. The molecule has 0 aliphatic heterocycles. The van der Waals surface area contributed by atoms with Crippen LogP contribution >= 0.6 is 0 Å². The summed E-state index contributed by atoms with van der Waals surface area (Å²) in [5.41, 5.74) is 3.47. The van der Waals surface area contributed by atoms with Gasteiger partial charge in [0, 0.05) is 12.8 Å². The number of carbonyl (C=O) groups is 2. The highest BCUT2D eigenvalue weighted by Gasteiger charge is 2.12. The van der Waals surface area contributed by atoms with E-state index in [1.165, 1.54) is 33.7 Å². The molecule has 0 amide bonds. The average molecular weight is 479 g/mol. The van der Waals surface area contributed by atoms with Gasteiger partial charge < -0.3 is 14.9 Å². The quantitative estimate of drug-likeness (QED) is 0.286. The van der Waals surface area contributed by atoms with Gasteiger partial charge in [0.15, 0.2) is 32.6 Å². The molecule has 2 rings (SSSR count). The number of hydrogen-bond donors (Lipinski definition) is 2. The summed E-state index contributed by atoms with van der Waals surface area (Å²) in [5, 5.41) is 17.9. The number of ether oxygens (including phenoxy) is 1. The highest BCUT2D eigenvalue weighted by molar-refractivity contribution is 6.37.